The van der Waals surface area contributed by atoms with E-state index < -0.39 is 17.0 Å². The van der Waals surface area contributed by atoms with Crippen molar-refractivity contribution < 1.29 is 13.6 Å². The van der Waals surface area contributed by atoms with Gasteiger partial charge in [0, 0.05) is 36.5 Å². The lowest BCUT2D eigenvalue weighted by Gasteiger charge is -2.12. The van der Waals surface area contributed by atoms with Crippen molar-refractivity contribution in [3.8, 4) is 0 Å². The summed E-state index contributed by atoms with van der Waals surface area (Å²) < 4.78 is 28.2. The average molecular weight is 494 g/mol. The summed E-state index contributed by atoms with van der Waals surface area (Å²) in [5, 5.41) is 2.75. The van der Waals surface area contributed by atoms with Gasteiger partial charge in [-0.3, -0.25) is 19.1 Å². The zero-order valence-electron chi connectivity index (χ0n) is 19.4. The molecule has 3 rings (SSSR count). The standard InChI is InChI=1S/C23H29F2N5O3S/c1-4-5-12-29-20-19(21(32)28-23(29)33)30(13-14(2)3)17(27-20)10-11-18(31)26-15-6-8-16(9-7-15)34-22(24)25/h6-9,14,22H,4-5,10-13H2,1-3H3,(H,26,31)(H,28,32,33). The molecule has 34 heavy (non-hydrogen) atoms. The molecular formula is C23H29F2N5O3S. The first kappa shape index (κ1) is 25.7. The number of anilines is 1. The maximum Gasteiger partial charge on any atom is 0.330 e. The second kappa shape index (κ2) is 11.5. The van der Waals surface area contributed by atoms with E-state index in [-0.39, 0.29) is 24.7 Å². The third-order valence-corrected chi connectivity index (χ3v) is 5.91. The van der Waals surface area contributed by atoms with Gasteiger partial charge in [-0.1, -0.05) is 39.0 Å². The molecule has 0 saturated heterocycles. The molecule has 8 nitrogen and oxygen atoms in total. The number of aromatic nitrogens is 4. The van der Waals surface area contributed by atoms with Gasteiger partial charge in [0.05, 0.1) is 0 Å². The lowest BCUT2D eigenvalue weighted by Crippen LogP contribution is -2.31. The van der Waals surface area contributed by atoms with Gasteiger partial charge in [0.25, 0.3) is 11.3 Å². The number of carbonyl (C=O) groups is 1. The van der Waals surface area contributed by atoms with Crippen LogP contribution < -0.4 is 16.6 Å². The Labute approximate surface area is 199 Å². The van der Waals surface area contributed by atoms with E-state index in [0.29, 0.717) is 52.4 Å². The van der Waals surface area contributed by atoms with Crippen molar-refractivity contribution in [3.05, 3.63) is 50.9 Å². The predicted octanol–water partition coefficient (Wildman–Crippen LogP) is 4.23. The van der Waals surface area contributed by atoms with Gasteiger partial charge in [-0.15, -0.1) is 0 Å². The third kappa shape index (κ3) is 6.34. The number of halogens is 2. The summed E-state index contributed by atoms with van der Waals surface area (Å²) in [5.74, 6) is -2.00. The third-order valence-electron chi connectivity index (χ3n) is 5.19. The van der Waals surface area contributed by atoms with Crippen molar-refractivity contribution in [2.75, 3.05) is 5.32 Å². The number of nitrogens with one attached hydrogen (secondary N) is 2. The van der Waals surface area contributed by atoms with Crippen LogP contribution in [0, 0.1) is 5.92 Å². The highest BCUT2D eigenvalue weighted by atomic mass is 32.2. The van der Waals surface area contributed by atoms with Gasteiger partial charge < -0.3 is 9.88 Å². The number of fused-ring (bicyclic) bond motifs is 1. The number of alkyl halides is 2. The number of amides is 1. The average Bonchev–Trinajstić information content (AvgIpc) is 3.11. The van der Waals surface area contributed by atoms with E-state index in [4.69, 9.17) is 0 Å². The molecule has 0 saturated carbocycles. The van der Waals surface area contributed by atoms with Crippen LogP contribution in [0.25, 0.3) is 11.2 Å². The van der Waals surface area contributed by atoms with Crippen LogP contribution in [0.4, 0.5) is 14.5 Å². The Bertz CT molecular complexity index is 1250. The minimum absolute atomic E-state index is 0.103. The van der Waals surface area contributed by atoms with Crippen LogP contribution >= 0.6 is 11.8 Å². The number of hydrogen-bond acceptors (Lipinski definition) is 5. The highest BCUT2D eigenvalue weighted by Crippen LogP contribution is 2.26. The smallest absolute Gasteiger partial charge is 0.326 e. The van der Waals surface area contributed by atoms with E-state index in [1.54, 1.807) is 16.7 Å². The molecule has 184 valence electrons. The number of rotatable bonds is 11. The molecular weight excluding hydrogens is 464 g/mol. The molecule has 0 bridgehead atoms. The monoisotopic (exact) mass is 493 g/mol. The van der Waals surface area contributed by atoms with Crippen molar-refractivity contribution in [1.29, 1.82) is 0 Å². The maximum absolute atomic E-state index is 12.7. The van der Waals surface area contributed by atoms with E-state index in [2.05, 4.69) is 15.3 Å². The maximum atomic E-state index is 12.7. The molecule has 0 aliphatic carbocycles. The summed E-state index contributed by atoms with van der Waals surface area (Å²) in [6, 6.07) is 6.19. The van der Waals surface area contributed by atoms with Crippen LogP contribution in [0.3, 0.4) is 0 Å². The molecule has 2 aromatic heterocycles. The first-order valence-electron chi connectivity index (χ1n) is 11.3. The molecule has 3 aromatic rings. The molecule has 0 unspecified atom stereocenters. The number of thioether (sulfide) groups is 1. The number of carbonyl (C=O) groups excluding carboxylic acids is 1. The summed E-state index contributed by atoms with van der Waals surface area (Å²) in [6.45, 7) is 7.01. The van der Waals surface area contributed by atoms with Gasteiger partial charge >= 0.3 is 5.69 Å². The highest BCUT2D eigenvalue weighted by molar-refractivity contribution is 7.99. The fourth-order valence-electron chi connectivity index (χ4n) is 3.66. The number of hydrogen-bond donors (Lipinski definition) is 2. The lowest BCUT2D eigenvalue weighted by molar-refractivity contribution is -0.116. The predicted molar refractivity (Wildman–Crippen MR) is 130 cm³/mol. The summed E-state index contributed by atoms with van der Waals surface area (Å²) in [4.78, 5) is 45.0. The van der Waals surface area contributed by atoms with Crippen molar-refractivity contribution in [1.82, 2.24) is 19.1 Å². The number of aryl methyl sites for hydroxylation is 2. The molecule has 0 aliphatic heterocycles. The fraction of sp³-hybridized carbons (Fsp3) is 0.478. The van der Waals surface area contributed by atoms with E-state index >= 15 is 0 Å². The number of aromatic amines is 1. The van der Waals surface area contributed by atoms with E-state index in [9.17, 15) is 23.2 Å². The normalized spacial score (nSPS) is 11.6. The van der Waals surface area contributed by atoms with E-state index in [1.165, 1.54) is 16.7 Å². The van der Waals surface area contributed by atoms with Crippen molar-refractivity contribution >= 4 is 34.5 Å². The van der Waals surface area contributed by atoms with Crippen LogP contribution in [0.15, 0.2) is 38.8 Å². The molecule has 0 fully saturated rings. The summed E-state index contributed by atoms with van der Waals surface area (Å²) in [6.07, 6.45) is 2.03. The quantitative estimate of drug-likeness (QED) is 0.389. The Morgan fingerprint density at radius 1 is 1.18 bits per heavy atom. The van der Waals surface area contributed by atoms with Crippen LogP contribution in [-0.4, -0.2) is 30.8 Å². The molecule has 1 amide bonds. The molecule has 0 aliphatic rings. The molecule has 2 heterocycles. The molecule has 0 atom stereocenters. The van der Waals surface area contributed by atoms with Crippen molar-refractivity contribution in [3.63, 3.8) is 0 Å². The highest BCUT2D eigenvalue weighted by Gasteiger charge is 2.20. The Kier molecular flexibility index (Phi) is 8.65. The zero-order valence-corrected chi connectivity index (χ0v) is 20.3. The Balaban J connectivity index is 1.82. The molecule has 0 radical (unpaired) electrons. The topological polar surface area (TPSA) is 102 Å². The second-order valence-electron chi connectivity index (χ2n) is 8.42. The van der Waals surface area contributed by atoms with E-state index in [0.717, 1.165) is 12.8 Å². The Morgan fingerprint density at radius 2 is 1.88 bits per heavy atom. The van der Waals surface area contributed by atoms with Crippen molar-refractivity contribution in [2.45, 2.75) is 70.2 Å². The first-order chi connectivity index (χ1) is 16.2. The Morgan fingerprint density at radius 3 is 2.50 bits per heavy atom. The summed E-state index contributed by atoms with van der Waals surface area (Å²) in [5.41, 5.74) is 0.206. The SMILES string of the molecule is CCCCn1c(=O)[nH]c(=O)c2c1nc(CCC(=O)Nc1ccc(SC(F)F)cc1)n2CC(C)C. The largest absolute Gasteiger partial charge is 0.330 e. The van der Waals surface area contributed by atoms with Crippen LogP contribution in [0.1, 0.15) is 45.9 Å². The van der Waals surface area contributed by atoms with Gasteiger partial charge in [-0.05, 0) is 36.6 Å². The molecule has 2 N–H and O–H groups in total. The molecule has 11 heteroatoms. The van der Waals surface area contributed by atoms with Crippen LogP contribution in [0.5, 0.6) is 0 Å². The fourth-order valence-corrected chi connectivity index (χ4v) is 4.16. The number of H-pyrrole nitrogens is 1. The minimum atomic E-state index is -2.50. The second-order valence-corrected chi connectivity index (χ2v) is 9.48. The van der Waals surface area contributed by atoms with Gasteiger partial charge in [0.15, 0.2) is 11.2 Å². The number of imidazole rings is 1. The van der Waals surface area contributed by atoms with E-state index in [1.807, 2.05) is 20.8 Å². The van der Waals surface area contributed by atoms with Gasteiger partial charge in [0.1, 0.15) is 5.82 Å². The number of benzene rings is 1. The molecule has 0 spiro atoms. The summed E-state index contributed by atoms with van der Waals surface area (Å²) in [7, 11) is 0. The number of nitrogens with zero attached hydrogens (tertiary/aromatic N) is 3. The minimum Gasteiger partial charge on any atom is -0.326 e. The van der Waals surface area contributed by atoms with Gasteiger partial charge in [-0.25, -0.2) is 9.78 Å². The molecule has 1 aromatic carbocycles. The lowest BCUT2D eigenvalue weighted by atomic mass is 10.2. The number of unbranched alkanes of at least 4 members (excludes halogenated alkanes) is 1. The van der Waals surface area contributed by atoms with Crippen molar-refractivity contribution in [2.24, 2.45) is 5.92 Å². The zero-order chi connectivity index (χ0) is 24.8. The van der Waals surface area contributed by atoms with Gasteiger partial charge in [-0.2, -0.15) is 8.78 Å². The van der Waals surface area contributed by atoms with Crippen LogP contribution in [0.2, 0.25) is 0 Å². The van der Waals surface area contributed by atoms with Crippen LogP contribution in [-0.2, 0) is 24.3 Å². The van der Waals surface area contributed by atoms with Gasteiger partial charge in [0.2, 0.25) is 5.91 Å². The summed E-state index contributed by atoms with van der Waals surface area (Å²) >= 11 is 0.440. The first-order valence-corrected chi connectivity index (χ1v) is 12.1. The Hall–Kier alpha value is -2.95.